The highest BCUT2D eigenvalue weighted by Gasteiger charge is 2.30. The minimum atomic E-state index is -4.93. The maximum atomic E-state index is 12.8. The van der Waals surface area contributed by atoms with Crippen molar-refractivity contribution in [3.8, 4) is 0 Å². The van der Waals surface area contributed by atoms with E-state index >= 15 is 0 Å². The predicted octanol–water partition coefficient (Wildman–Crippen LogP) is 12.7. The molecule has 0 aromatic rings. The lowest BCUT2D eigenvalue weighted by Gasteiger charge is -2.21. The second-order valence-corrected chi connectivity index (χ2v) is 21.7. The number of aliphatic hydroxyl groups excluding tert-OH is 1. The van der Waals surface area contributed by atoms with Gasteiger partial charge in [-0.3, -0.25) is 37.3 Å². The van der Waals surface area contributed by atoms with E-state index in [1.165, 1.54) is 57.8 Å². The molecule has 0 aromatic carbocycles. The molecular formula is C51H98O17P2. The Balaban J connectivity index is 5.16. The molecule has 17 nitrogen and oxygen atoms in total. The number of esters is 4. The van der Waals surface area contributed by atoms with Gasteiger partial charge in [-0.25, -0.2) is 9.13 Å². The summed E-state index contributed by atoms with van der Waals surface area (Å²) < 4.78 is 67.0. The van der Waals surface area contributed by atoms with E-state index < -0.39 is 97.5 Å². The summed E-state index contributed by atoms with van der Waals surface area (Å²) >= 11 is 0. The summed E-state index contributed by atoms with van der Waals surface area (Å²) in [4.78, 5) is 71.0. The maximum absolute atomic E-state index is 12.8. The van der Waals surface area contributed by atoms with Gasteiger partial charge in [0.15, 0.2) is 12.2 Å². The second-order valence-electron chi connectivity index (χ2n) is 18.8. The Morgan fingerprint density at radius 3 is 1.01 bits per heavy atom. The number of unbranched alkanes of at least 4 members (excludes halogenated alkanes) is 22. The van der Waals surface area contributed by atoms with Crippen molar-refractivity contribution in [3.63, 3.8) is 0 Å². The summed E-state index contributed by atoms with van der Waals surface area (Å²) in [5.74, 6) is -1.46. The lowest BCUT2D eigenvalue weighted by atomic mass is 10.00. The average molecular weight is 1050 g/mol. The van der Waals surface area contributed by atoms with Gasteiger partial charge in [0.25, 0.3) is 0 Å². The van der Waals surface area contributed by atoms with Gasteiger partial charge in [-0.2, -0.15) is 0 Å². The van der Waals surface area contributed by atoms with Gasteiger partial charge in [0, 0.05) is 25.7 Å². The van der Waals surface area contributed by atoms with Crippen LogP contribution >= 0.6 is 15.6 Å². The highest BCUT2D eigenvalue weighted by molar-refractivity contribution is 7.47. The third kappa shape index (κ3) is 44.7. The number of hydrogen-bond donors (Lipinski definition) is 3. The molecular weight excluding hydrogens is 946 g/mol. The monoisotopic (exact) mass is 1040 g/mol. The molecule has 414 valence electrons. The number of carbonyl (C=O) groups is 4. The molecule has 0 bridgehead atoms. The van der Waals surface area contributed by atoms with E-state index in [4.69, 9.17) is 37.0 Å². The largest absolute Gasteiger partial charge is 0.472 e. The summed E-state index contributed by atoms with van der Waals surface area (Å²) in [5, 5.41) is 10.4. The topological polar surface area (TPSA) is 237 Å². The van der Waals surface area contributed by atoms with E-state index in [9.17, 15) is 43.2 Å². The SMILES string of the molecule is CCCCCCCCCCCCC(=O)OC[C@H](COP(=O)(O)OC[C@@H](O)COP(=O)(O)OC[C@@H](COC(=O)CCCCCCC)OC(=O)CCCCCCC)OC(=O)CCCCCCCCC(C)CC. The van der Waals surface area contributed by atoms with Crippen LogP contribution < -0.4 is 0 Å². The number of aliphatic hydroxyl groups is 1. The zero-order valence-corrected chi connectivity index (χ0v) is 45.9. The first-order valence-electron chi connectivity index (χ1n) is 27.2. The molecule has 0 aliphatic carbocycles. The Morgan fingerprint density at radius 2 is 0.686 bits per heavy atom. The smallest absolute Gasteiger partial charge is 0.462 e. The molecule has 0 saturated carbocycles. The molecule has 6 atom stereocenters. The minimum Gasteiger partial charge on any atom is -0.462 e. The summed E-state index contributed by atoms with van der Waals surface area (Å²) in [6.07, 6.45) is 24.7. The van der Waals surface area contributed by atoms with Crippen LogP contribution in [-0.2, 0) is 65.4 Å². The van der Waals surface area contributed by atoms with Gasteiger partial charge in [-0.1, -0.05) is 189 Å². The maximum Gasteiger partial charge on any atom is 0.472 e. The normalized spacial score (nSPS) is 15.0. The lowest BCUT2D eigenvalue weighted by Crippen LogP contribution is -2.30. The fourth-order valence-corrected chi connectivity index (χ4v) is 8.83. The van der Waals surface area contributed by atoms with Gasteiger partial charge in [-0.05, 0) is 31.6 Å². The first-order chi connectivity index (χ1) is 33.6. The molecule has 0 aliphatic rings. The van der Waals surface area contributed by atoms with Crippen LogP contribution in [0.2, 0.25) is 0 Å². The van der Waals surface area contributed by atoms with Crippen molar-refractivity contribution in [2.75, 3.05) is 39.6 Å². The van der Waals surface area contributed by atoms with Crippen molar-refractivity contribution in [2.45, 2.75) is 258 Å². The molecule has 0 radical (unpaired) electrons. The predicted molar refractivity (Wildman–Crippen MR) is 271 cm³/mol. The molecule has 19 heteroatoms. The van der Waals surface area contributed by atoms with Crippen molar-refractivity contribution < 1.29 is 80.2 Å². The van der Waals surface area contributed by atoms with Gasteiger partial charge in [-0.15, -0.1) is 0 Å². The van der Waals surface area contributed by atoms with E-state index in [-0.39, 0.29) is 25.7 Å². The molecule has 3 N–H and O–H groups in total. The fraction of sp³-hybridized carbons (Fsp3) is 0.922. The van der Waals surface area contributed by atoms with Crippen molar-refractivity contribution in [1.82, 2.24) is 0 Å². The first-order valence-corrected chi connectivity index (χ1v) is 30.2. The molecule has 0 amide bonds. The summed E-state index contributed by atoms with van der Waals surface area (Å²) in [5.41, 5.74) is 0. The highest BCUT2D eigenvalue weighted by Crippen LogP contribution is 2.45. The first kappa shape index (κ1) is 68.1. The molecule has 0 saturated heterocycles. The van der Waals surface area contributed by atoms with Crippen LogP contribution in [-0.4, -0.2) is 96.7 Å². The number of phosphoric acid groups is 2. The molecule has 0 spiro atoms. The zero-order chi connectivity index (χ0) is 52.1. The number of ether oxygens (including phenoxy) is 4. The second kappa shape index (κ2) is 45.7. The fourth-order valence-electron chi connectivity index (χ4n) is 7.25. The van der Waals surface area contributed by atoms with Crippen LogP contribution in [0.4, 0.5) is 0 Å². The highest BCUT2D eigenvalue weighted by atomic mass is 31.2. The van der Waals surface area contributed by atoms with Crippen LogP contribution in [0.15, 0.2) is 0 Å². The Morgan fingerprint density at radius 1 is 0.400 bits per heavy atom. The van der Waals surface area contributed by atoms with Crippen LogP contribution in [0.1, 0.15) is 240 Å². The molecule has 70 heavy (non-hydrogen) atoms. The summed E-state index contributed by atoms with van der Waals surface area (Å²) in [6, 6.07) is 0. The van der Waals surface area contributed by atoms with E-state index in [0.29, 0.717) is 25.7 Å². The van der Waals surface area contributed by atoms with E-state index in [2.05, 4.69) is 34.6 Å². The van der Waals surface area contributed by atoms with Gasteiger partial charge < -0.3 is 33.8 Å². The van der Waals surface area contributed by atoms with Crippen molar-refractivity contribution in [2.24, 2.45) is 5.92 Å². The lowest BCUT2D eigenvalue weighted by molar-refractivity contribution is -0.161. The standard InChI is InChI=1S/C51H98O17P2/c1-6-10-13-16-17-18-19-20-26-30-35-49(54)62-41-47(68-51(56)37-32-27-22-21-25-28-33-44(5)9-4)43-66-70(59,60)64-39-45(52)38-63-69(57,58)65-42-46(67-50(55)36-31-24-15-12-8-3)40-61-48(53)34-29-23-14-11-7-2/h44-47,52H,6-43H2,1-5H3,(H,57,58)(H,59,60)/t44?,45-,46+,47+/m0/s1. The Bertz CT molecular complexity index is 1400. The number of rotatable bonds is 51. The Kier molecular flexibility index (Phi) is 44.4. The van der Waals surface area contributed by atoms with Crippen LogP contribution in [0.5, 0.6) is 0 Å². The zero-order valence-electron chi connectivity index (χ0n) is 44.1. The quantitative estimate of drug-likeness (QED) is 0.0222. The van der Waals surface area contributed by atoms with Gasteiger partial charge >= 0.3 is 39.5 Å². The molecule has 0 fully saturated rings. The molecule has 0 aromatic heterocycles. The average Bonchev–Trinajstić information content (AvgIpc) is 3.33. The third-order valence-electron chi connectivity index (χ3n) is 11.9. The van der Waals surface area contributed by atoms with Gasteiger partial charge in [0.05, 0.1) is 26.4 Å². The van der Waals surface area contributed by atoms with E-state index in [1.807, 2.05) is 0 Å². The van der Waals surface area contributed by atoms with Gasteiger partial charge in [0.1, 0.15) is 19.3 Å². The Hall–Kier alpha value is -1.94. The molecule has 0 rings (SSSR count). The minimum absolute atomic E-state index is 0.0984. The van der Waals surface area contributed by atoms with Gasteiger partial charge in [0.2, 0.25) is 0 Å². The van der Waals surface area contributed by atoms with Crippen LogP contribution in [0.25, 0.3) is 0 Å². The van der Waals surface area contributed by atoms with E-state index in [1.54, 1.807) is 0 Å². The van der Waals surface area contributed by atoms with Crippen molar-refractivity contribution in [1.29, 1.82) is 0 Å². The molecule has 3 unspecified atom stereocenters. The molecule has 0 heterocycles. The number of hydrogen-bond acceptors (Lipinski definition) is 15. The van der Waals surface area contributed by atoms with E-state index in [0.717, 1.165) is 102 Å². The van der Waals surface area contributed by atoms with Crippen LogP contribution in [0.3, 0.4) is 0 Å². The molecule has 0 aliphatic heterocycles. The number of carbonyl (C=O) groups excluding carboxylic acids is 4. The number of phosphoric ester groups is 2. The summed E-state index contributed by atoms with van der Waals surface area (Å²) in [7, 11) is -9.84. The van der Waals surface area contributed by atoms with Crippen LogP contribution in [0, 0.1) is 5.92 Å². The third-order valence-corrected chi connectivity index (χ3v) is 13.8. The summed E-state index contributed by atoms with van der Waals surface area (Å²) in [6.45, 7) is 6.84. The van der Waals surface area contributed by atoms with Crippen molar-refractivity contribution in [3.05, 3.63) is 0 Å². The van der Waals surface area contributed by atoms with Crippen molar-refractivity contribution >= 4 is 39.5 Å². The Labute approximate surface area is 422 Å².